The van der Waals surface area contributed by atoms with E-state index in [0.717, 1.165) is 5.92 Å². The van der Waals surface area contributed by atoms with Gasteiger partial charge in [0.1, 0.15) is 0 Å². The van der Waals surface area contributed by atoms with Gasteiger partial charge in [-0.3, -0.25) is 0 Å². The van der Waals surface area contributed by atoms with Gasteiger partial charge in [-0.2, -0.15) is 0 Å². The van der Waals surface area contributed by atoms with E-state index in [0.29, 0.717) is 0 Å². The van der Waals surface area contributed by atoms with E-state index in [1.807, 2.05) is 0 Å². The molecule has 0 saturated carbocycles. The van der Waals surface area contributed by atoms with E-state index in [2.05, 4.69) is 33.8 Å². The van der Waals surface area contributed by atoms with Crippen LogP contribution in [0, 0.1) is 5.92 Å². The topological polar surface area (TPSA) is 0 Å². The maximum atomic E-state index is 2.29. The Bertz CT molecular complexity index is 90.2. The van der Waals surface area contributed by atoms with Gasteiger partial charge in [0.2, 0.25) is 0 Å². The third-order valence-corrected chi connectivity index (χ3v) is 2.02. The Morgan fingerprint density at radius 1 is 1.44 bits per heavy atom. The molecule has 0 radical (unpaired) electrons. The van der Waals surface area contributed by atoms with E-state index in [1.165, 1.54) is 12.8 Å². The highest BCUT2D eigenvalue weighted by atomic mass is 14.1. The van der Waals surface area contributed by atoms with Gasteiger partial charge >= 0.3 is 0 Å². The molecule has 0 aromatic rings. The largest absolute Gasteiger partial charge is 0.0882 e. The summed E-state index contributed by atoms with van der Waals surface area (Å²) in [6.07, 6.45) is 4.73. The van der Waals surface area contributed by atoms with Crippen LogP contribution < -0.4 is 0 Å². The Balaban J connectivity index is 3.80. The third kappa shape index (κ3) is 2.69. The van der Waals surface area contributed by atoms with Crippen LogP contribution in [0.5, 0.6) is 0 Å². The van der Waals surface area contributed by atoms with E-state index in [4.69, 9.17) is 0 Å². The molecule has 0 spiro atoms. The molecule has 1 atom stereocenters. The third-order valence-electron chi connectivity index (χ3n) is 2.02. The fraction of sp³-hybridized carbons (Fsp3) is 0.778. The highest BCUT2D eigenvalue weighted by Gasteiger charge is 2.00. The quantitative estimate of drug-likeness (QED) is 0.508. The molecule has 0 heteroatoms. The Labute approximate surface area is 59.0 Å². The minimum Gasteiger partial charge on any atom is -0.0882 e. The average molecular weight is 126 g/mol. The maximum Gasteiger partial charge on any atom is -0.0235 e. The fourth-order valence-electron chi connectivity index (χ4n) is 1.10. The zero-order chi connectivity index (χ0) is 7.28. The van der Waals surface area contributed by atoms with Gasteiger partial charge in [0.05, 0.1) is 0 Å². The molecular formula is C9H18. The molecule has 0 rings (SSSR count). The standard InChI is InChI=1S/C9H18/c1-5-8(4)9(6-2)7-3/h6,8H,5,7H2,1-4H3/b9-6+. The normalized spacial score (nSPS) is 15.8. The van der Waals surface area contributed by atoms with Crippen molar-refractivity contribution in [2.24, 2.45) is 5.92 Å². The second-order valence-electron chi connectivity index (χ2n) is 2.53. The fourth-order valence-corrected chi connectivity index (χ4v) is 1.10. The van der Waals surface area contributed by atoms with Crippen LogP contribution in [0.3, 0.4) is 0 Å². The van der Waals surface area contributed by atoms with Crippen molar-refractivity contribution in [1.29, 1.82) is 0 Å². The molecule has 0 N–H and O–H groups in total. The highest BCUT2D eigenvalue weighted by molar-refractivity contribution is 5.02. The van der Waals surface area contributed by atoms with Crippen molar-refractivity contribution in [3.05, 3.63) is 11.6 Å². The van der Waals surface area contributed by atoms with Crippen LogP contribution in [-0.4, -0.2) is 0 Å². The molecule has 0 saturated heterocycles. The van der Waals surface area contributed by atoms with Crippen molar-refractivity contribution in [3.8, 4) is 0 Å². The van der Waals surface area contributed by atoms with Gasteiger partial charge in [0.15, 0.2) is 0 Å². The van der Waals surface area contributed by atoms with Crippen LogP contribution in [0.1, 0.15) is 40.5 Å². The Kier molecular flexibility index (Phi) is 4.47. The predicted octanol–water partition coefficient (Wildman–Crippen LogP) is 3.39. The molecule has 0 fully saturated rings. The molecule has 0 amide bonds. The molecular weight excluding hydrogens is 108 g/mol. The lowest BCUT2D eigenvalue weighted by Gasteiger charge is -2.10. The van der Waals surface area contributed by atoms with E-state index in [-0.39, 0.29) is 0 Å². The molecule has 54 valence electrons. The molecule has 0 aromatic carbocycles. The van der Waals surface area contributed by atoms with E-state index in [9.17, 15) is 0 Å². The molecule has 1 unspecified atom stereocenters. The van der Waals surface area contributed by atoms with E-state index in [1.54, 1.807) is 5.57 Å². The van der Waals surface area contributed by atoms with Gasteiger partial charge in [-0.05, 0) is 25.7 Å². The van der Waals surface area contributed by atoms with E-state index < -0.39 is 0 Å². The number of hydrogen-bond donors (Lipinski definition) is 0. The molecule has 0 nitrogen and oxygen atoms in total. The van der Waals surface area contributed by atoms with Gasteiger partial charge < -0.3 is 0 Å². The molecule has 9 heavy (non-hydrogen) atoms. The molecule has 0 aliphatic carbocycles. The lowest BCUT2D eigenvalue weighted by atomic mass is 9.96. The number of allylic oxidation sites excluding steroid dienone is 2. The molecule has 0 aliphatic rings. The van der Waals surface area contributed by atoms with E-state index >= 15 is 0 Å². The van der Waals surface area contributed by atoms with Crippen molar-refractivity contribution >= 4 is 0 Å². The Morgan fingerprint density at radius 3 is 2.11 bits per heavy atom. The number of rotatable bonds is 3. The SMILES string of the molecule is C/C=C(\CC)C(C)CC. The predicted molar refractivity (Wildman–Crippen MR) is 43.5 cm³/mol. The van der Waals surface area contributed by atoms with Crippen LogP contribution >= 0.6 is 0 Å². The minimum absolute atomic E-state index is 0.792. The van der Waals surface area contributed by atoms with Gasteiger partial charge in [-0.1, -0.05) is 32.4 Å². The van der Waals surface area contributed by atoms with Crippen molar-refractivity contribution in [1.82, 2.24) is 0 Å². The monoisotopic (exact) mass is 126 g/mol. The van der Waals surface area contributed by atoms with Crippen molar-refractivity contribution in [3.63, 3.8) is 0 Å². The number of hydrogen-bond acceptors (Lipinski definition) is 0. The summed E-state index contributed by atoms with van der Waals surface area (Å²) >= 11 is 0. The lowest BCUT2D eigenvalue weighted by molar-refractivity contribution is 0.632. The smallest absolute Gasteiger partial charge is 0.0235 e. The first-order valence-electron chi connectivity index (χ1n) is 3.91. The Hall–Kier alpha value is -0.260. The van der Waals surface area contributed by atoms with Crippen LogP contribution in [0.25, 0.3) is 0 Å². The zero-order valence-electron chi connectivity index (χ0n) is 7.07. The van der Waals surface area contributed by atoms with Gasteiger partial charge in [-0.15, -0.1) is 0 Å². The lowest BCUT2D eigenvalue weighted by Crippen LogP contribution is -1.95. The Morgan fingerprint density at radius 2 is 2.00 bits per heavy atom. The van der Waals surface area contributed by atoms with Gasteiger partial charge in [0, 0.05) is 0 Å². The van der Waals surface area contributed by atoms with Crippen molar-refractivity contribution < 1.29 is 0 Å². The summed E-state index contributed by atoms with van der Waals surface area (Å²) in [4.78, 5) is 0. The van der Waals surface area contributed by atoms with Gasteiger partial charge in [0.25, 0.3) is 0 Å². The molecule has 0 heterocycles. The zero-order valence-corrected chi connectivity index (χ0v) is 7.07. The molecule has 0 bridgehead atoms. The second-order valence-corrected chi connectivity index (χ2v) is 2.53. The summed E-state index contributed by atoms with van der Waals surface area (Å²) in [6.45, 7) is 8.88. The summed E-state index contributed by atoms with van der Waals surface area (Å²) in [7, 11) is 0. The molecule has 0 aromatic heterocycles. The minimum atomic E-state index is 0.792. The summed E-state index contributed by atoms with van der Waals surface area (Å²) in [5, 5.41) is 0. The van der Waals surface area contributed by atoms with Crippen LogP contribution in [0.15, 0.2) is 11.6 Å². The first-order chi connectivity index (χ1) is 4.26. The van der Waals surface area contributed by atoms with Crippen LogP contribution in [0.2, 0.25) is 0 Å². The summed E-state index contributed by atoms with van der Waals surface area (Å²) in [6, 6.07) is 0. The van der Waals surface area contributed by atoms with Crippen molar-refractivity contribution in [2.45, 2.75) is 40.5 Å². The summed E-state index contributed by atoms with van der Waals surface area (Å²) in [5.41, 5.74) is 1.59. The first-order valence-corrected chi connectivity index (χ1v) is 3.91. The first kappa shape index (κ1) is 8.74. The summed E-state index contributed by atoms with van der Waals surface area (Å²) in [5.74, 6) is 0.792. The van der Waals surface area contributed by atoms with Gasteiger partial charge in [-0.25, -0.2) is 0 Å². The van der Waals surface area contributed by atoms with Crippen molar-refractivity contribution in [2.75, 3.05) is 0 Å². The van der Waals surface area contributed by atoms with Crippen LogP contribution in [-0.2, 0) is 0 Å². The summed E-state index contributed by atoms with van der Waals surface area (Å²) < 4.78 is 0. The average Bonchev–Trinajstić information content (AvgIpc) is 1.90. The highest BCUT2D eigenvalue weighted by Crippen LogP contribution is 2.16. The second kappa shape index (κ2) is 4.60. The molecule has 0 aliphatic heterocycles. The van der Waals surface area contributed by atoms with Crippen LogP contribution in [0.4, 0.5) is 0 Å². The maximum absolute atomic E-state index is 2.29.